The second kappa shape index (κ2) is 6.93. The highest BCUT2D eigenvalue weighted by atomic mass is 32.2. The van der Waals surface area contributed by atoms with Gasteiger partial charge in [0.25, 0.3) is 0 Å². The van der Waals surface area contributed by atoms with Crippen molar-refractivity contribution in [3.63, 3.8) is 0 Å². The Morgan fingerprint density at radius 2 is 2.20 bits per heavy atom. The standard InChI is InChI=1S/C13H15NO5S/c1-3-5-8-14-20(17,18)10-6-7-12(19-4-2)11(9-10)13(15)16/h1,6-7,9,14H,4-5,8H2,2H3,(H,15,16). The molecule has 0 spiro atoms. The number of nitrogens with one attached hydrogen (secondary N) is 1. The van der Waals surface area contributed by atoms with Crippen LogP contribution >= 0.6 is 0 Å². The maximum Gasteiger partial charge on any atom is 0.339 e. The van der Waals surface area contributed by atoms with Crippen LogP contribution in [0.3, 0.4) is 0 Å². The SMILES string of the molecule is C#CCCNS(=O)(=O)c1ccc(OCC)c(C(=O)O)c1. The van der Waals surface area contributed by atoms with E-state index < -0.39 is 16.0 Å². The Hall–Kier alpha value is -2.04. The number of carboxylic acid groups (broad SMARTS) is 1. The van der Waals surface area contributed by atoms with Crippen LogP contribution in [0.2, 0.25) is 0 Å². The van der Waals surface area contributed by atoms with E-state index in [2.05, 4.69) is 10.6 Å². The Labute approximate surface area is 117 Å². The number of aromatic carboxylic acids is 1. The lowest BCUT2D eigenvalue weighted by atomic mass is 10.2. The lowest BCUT2D eigenvalue weighted by Crippen LogP contribution is -2.24. The minimum atomic E-state index is -3.78. The molecule has 20 heavy (non-hydrogen) atoms. The Balaban J connectivity index is 3.11. The maximum atomic E-state index is 11.9. The number of terminal acetylenes is 1. The van der Waals surface area contributed by atoms with E-state index in [1.807, 2.05) is 0 Å². The van der Waals surface area contributed by atoms with Crippen LogP contribution in [-0.2, 0) is 10.0 Å². The zero-order valence-electron chi connectivity index (χ0n) is 10.9. The number of sulfonamides is 1. The first-order valence-corrected chi connectivity index (χ1v) is 7.34. The molecule has 0 unspecified atom stereocenters. The van der Waals surface area contributed by atoms with E-state index in [1.165, 1.54) is 12.1 Å². The summed E-state index contributed by atoms with van der Waals surface area (Å²) in [4.78, 5) is 11.0. The molecule has 0 amide bonds. The van der Waals surface area contributed by atoms with Gasteiger partial charge >= 0.3 is 5.97 Å². The summed E-state index contributed by atoms with van der Waals surface area (Å²) in [7, 11) is -3.78. The summed E-state index contributed by atoms with van der Waals surface area (Å²) in [5.41, 5.74) is -0.202. The van der Waals surface area contributed by atoms with E-state index in [1.54, 1.807) is 6.92 Å². The highest BCUT2D eigenvalue weighted by molar-refractivity contribution is 7.89. The average Bonchev–Trinajstić information content (AvgIpc) is 2.39. The fourth-order valence-corrected chi connectivity index (χ4v) is 2.52. The third kappa shape index (κ3) is 3.98. The van der Waals surface area contributed by atoms with Crippen LogP contribution < -0.4 is 9.46 Å². The summed E-state index contributed by atoms with van der Waals surface area (Å²) in [5.74, 6) is 1.18. The molecule has 0 bridgehead atoms. The largest absolute Gasteiger partial charge is 0.493 e. The summed E-state index contributed by atoms with van der Waals surface area (Å²) in [6, 6.07) is 3.67. The predicted molar refractivity (Wildman–Crippen MR) is 73.2 cm³/mol. The molecule has 1 rings (SSSR count). The van der Waals surface area contributed by atoms with E-state index in [0.29, 0.717) is 0 Å². The first kappa shape index (κ1) is 16.0. The van der Waals surface area contributed by atoms with Gasteiger partial charge in [0, 0.05) is 13.0 Å². The molecule has 7 heteroatoms. The molecule has 2 N–H and O–H groups in total. The molecule has 0 atom stereocenters. The highest BCUT2D eigenvalue weighted by Crippen LogP contribution is 2.22. The fraction of sp³-hybridized carbons (Fsp3) is 0.308. The second-order valence-corrected chi connectivity index (χ2v) is 5.51. The van der Waals surface area contributed by atoms with Crippen molar-refractivity contribution in [2.75, 3.05) is 13.2 Å². The average molecular weight is 297 g/mol. The fourth-order valence-electron chi connectivity index (χ4n) is 1.47. The van der Waals surface area contributed by atoms with Gasteiger partial charge in [-0.15, -0.1) is 12.3 Å². The van der Waals surface area contributed by atoms with E-state index in [-0.39, 0.29) is 35.8 Å². The number of rotatable bonds is 7. The van der Waals surface area contributed by atoms with Crippen molar-refractivity contribution in [3.05, 3.63) is 23.8 Å². The van der Waals surface area contributed by atoms with Gasteiger partial charge in [-0.3, -0.25) is 0 Å². The van der Waals surface area contributed by atoms with Crippen molar-refractivity contribution in [1.82, 2.24) is 4.72 Å². The van der Waals surface area contributed by atoms with Crippen LogP contribution in [0.4, 0.5) is 0 Å². The quantitative estimate of drug-likeness (QED) is 0.580. The predicted octanol–water partition coefficient (Wildman–Crippen LogP) is 1.09. The number of ether oxygens (including phenoxy) is 1. The van der Waals surface area contributed by atoms with Crippen LogP contribution in [0, 0.1) is 12.3 Å². The summed E-state index contributed by atoms with van der Waals surface area (Å²) in [6.45, 7) is 2.08. The zero-order valence-corrected chi connectivity index (χ0v) is 11.7. The van der Waals surface area contributed by atoms with Crippen LogP contribution in [0.1, 0.15) is 23.7 Å². The first-order valence-electron chi connectivity index (χ1n) is 5.85. The second-order valence-electron chi connectivity index (χ2n) is 3.75. The zero-order chi connectivity index (χ0) is 15.2. The highest BCUT2D eigenvalue weighted by Gasteiger charge is 2.19. The molecule has 0 heterocycles. The van der Waals surface area contributed by atoms with E-state index >= 15 is 0 Å². The molecular formula is C13H15NO5S. The maximum absolute atomic E-state index is 11.9. The topological polar surface area (TPSA) is 92.7 Å². The van der Waals surface area contributed by atoms with Crippen molar-refractivity contribution in [3.8, 4) is 18.1 Å². The lowest BCUT2D eigenvalue weighted by molar-refractivity contribution is 0.0692. The molecule has 0 radical (unpaired) electrons. The van der Waals surface area contributed by atoms with Crippen molar-refractivity contribution in [2.24, 2.45) is 0 Å². The molecule has 0 aliphatic rings. The third-order valence-electron chi connectivity index (χ3n) is 2.35. The molecule has 0 aliphatic heterocycles. The number of benzene rings is 1. The Bertz CT molecular complexity index is 631. The first-order chi connectivity index (χ1) is 9.42. The lowest BCUT2D eigenvalue weighted by Gasteiger charge is -2.10. The van der Waals surface area contributed by atoms with Gasteiger partial charge in [0.15, 0.2) is 0 Å². The molecule has 0 aromatic heterocycles. The minimum absolute atomic E-state index is 0.0917. The summed E-state index contributed by atoms with van der Waals surface area (Å²) < 4.78 is 31.3. The minimum Gasteiger partial charge on any atom is -0.493 e. The number of carboxylic acids is 1. The van der Waals surface area contributed by atoms with E-state index in [9.17, 15) is 13.2 Å². The smallest absolute Gasteiger partial charge is 0.339 e. The summed E-state index contributed by atoms with van der Waals surface area (Å²) in [5, 5.41) is 9.07. The monoisotopic (exact) mass is 297 g/mol. The van der Waals surface area contributed by atoms with Gasteiger partial charge in [-0.2, -0.15) is 0 Å². The Morgan fingerprint density at radius 3 is 2.75 bits per heavy atom. The molecule has 108 valence electrons. The van der Waals surface area contributed by atoms with Crippen LogP contribution in [0.15, 0.2) is 23.1 Å². The van der Waals surface area contributed by atoms with Crippen LogP contribution in [-0.4, -0.2) is 32.6 Å². The normalized spacial score (nSPS) is 10.8. The van der Waals surface area contributed by atoms with E-state index in [4.69, 9.17) is 16.3 Å². The Morgan fingerprint density at radius 1 is 1.50 bits per heavy atom. The molecule has 1 aromatic carbocycles. The van der Waals surface area contributed by atoms with Crippen LogP contribution in [0.5, 0.6) is 5.75 Å². The molecule has 0 aliphatic carbocycles. The molecular weight excluding hydrogens is 282 g/mol. The summed E-state index contributed by atoms with van der Waals surface area (Å²) in [6.07, 6.45) is 5.29. The number of hydrogen-bond donors (Lipinski definition) is 2. The van der Waals surface area contributed by atoms with Crippen LogP contribution in [0.25, 0.3) is 0 Å². The van der Waals surface area contributed by atoms with Gasteiger partial charge in [0.2, 0.25) is 10.0 Å². The number of carbonyl (C=O) groups is 1. The van der Waals surface area contributed by atoms with E-state index in [0.717, 1.165) is 6.07 Å². The third-order valence-corrected chi connectivity index (χ3v) is 3.81. The van der Waals surface area contributed by atoms with Gasteiger partial charge < -0.3 is 9.84 Å². The Kier molecular flexibility index (Phi) is 5.55. The molecule has 0 fully saturated rings. The van der Waals surface area contributed by atoms with Crippen molar-refractivity contribution < 1.29 is 23.1 Å². The van der Waals surface area contributed by atoms with Crippen molar-refractivity contribution in [2.45, 2.75) is 18.2 Å². The molecule has 1 aromatic rings. The van der Waals surface area contributed by atoms with Crippen molar-refractivity contribution >= 4 is 16.0 Å². The van der Waals surface area contributed by atoms with Crippen molar-refractivity contribution in [1.29, 1.82) is 0 Å². The van der Waals surface area contributed by atoms with Gasteiger partial charge in [-0.1, -0.05) is 0 Å². The van der Waals surface area contributed by atoms with Gasteiger partial charge in [-0.25, -0.2) is 17.9 Å². The summed E-state index contributed by atoms with van der Waals surface area (Å²) >= 11 is 0. The molecule has 0 saturated carbocycles. The molecule has 0 saturated heterocycles. The molecule has 6 nitrogen and oxygen atoms in total. The number of hydrogen-bond acceptors (Lipinski definition) is 4. The van der Waals surface area contributed by atoms with Gasteiger partial charge in [0.05, 0.1) is 11.5 Å². The van der Waals surface area contributed by atoms with Gasteiger partial charge in [-0.05, 0) is 25.1 Å². The van der Waals surface area contributed by atoms with Gasteiger partial charge in [0.1, 0.15) is 11.3 Å².